The second kappa shape index (κ2) is 15.2. The Kier molecular flexibility index (Phi) is 14.6. The number of aliphatic imine (C=N–C) groups is 1. The van der Waals surface area contributed by atoms with Crippen LogP contribution in [0.3, 0.4) is 0 Å². The van der Waals surface area contributed by atoms with Gasteiger partial charge in [0, 0.05) is 65.3 Å². The van der Waals surface area contributed by atoms with E-state index >= 15 is 0 Å². The number of ether oxygens (including phenoxy) is 1. The molecule has 1 aromatic heterocycles. The van der Waals surface area contributed by atoms with Crippen molar-refractivity contribution in [3.8, 4) is 0 Å². The van der Waals surface area contributed by atoms with Gasteiger partial charge >= 0.3 is 0 Å². The molecule has 7 heteroatoms. The highest BCUT2D eigenvalue weighted by atomic mass is 127. The summed E-state index contributed by atoms with van der Waals surface area (Å²) in [5.41, 5.74) is 1.26. The van der Waals surface area contributed by atoms with Gasteiger partial charge in [-0.25, -0.2) is 0 Å². The number of methoxy groups -OCH3 is 1. The van der Waals surface area contributed by atoms with Crippen molar-refractivity contribution in [3.05, 3.63) is 30.1 Å². The molecule has 150 valence electrons. The highest BCUT2D eigenvalue weighted by Gasteiger charge is 2.16. The van der Waals surface area contributed by atoms with E-state index in [0.29, 0.717) is 11.8 Å². The molecule has 0 aliphatic carbocycles. The van der Waals surface area contributed by atoms with E-state index in [1.54, 1.807) is 7.11 Å². The minimum Gasteiger partial charge on any atom is -0.385 e. The third kappa shape index (κ3) is 10.3. The lowest BCUT2D eigenvalue weighted by Gasteiger charge is -2.23. The van der Waals surface area contributed by atoms with Gasteiger partial charge in [0.15, 0.2) is 5.96 Å². The van der Waals surface area contributed by atoms with Crippen molar-refractivity contribution in [1.29, 1.82) is 0 Å². The van der Waals surface area contributed by atoms with Gasteiger partial charge in [0.2, 0.25) is 0 Å². The molecule has 0 radical (unpaired) electrons. The molecule has 0 saturated heterocycles. The number of nitrogens with one attached hydrogen (secondary N) is 2. The van der Waals surface area contributed by atoms with Gasteiger partial charge in [-0.3, -0.25) is 9.98 Å². The Morgan fingerprint density at radius 1 is 1.31 bits per heavy atom. The molecule has 1 aromatic rings. The summed E-state index contributed by atoms with van der Waals surface area (Å²) in [6.45, 7) is 9.01. The summed E-state index contributed by atoms with van der Waals surface area (Å²) in [6, 6.07) is 4.14. The number of guanidine groups is 1. The summed E-state index contributed by atoms with van der Waals surface area (Å²) in [7, 11) is 5.68. The average Bonchev–Trinajstić information content (AvgIpc) is 2.61. The molecule has 6 nitrogen and oxygen atoms in total. The van der Waals surface area contributed by atoms with Gasteiger partial charge in [-0.15, -0.1) is 24.0 Å². The van der Waals surface area contributed by atoms with E-state index in [4.69, 9.17) is 4.74 Å². The lowest BCUT2D eigenvalue weighted by Crippen LogP contribution is -2.43. The van der Waals surface area contributed by atoms with Crippen molar-refractivity contribution >= 4 is 29.9 Å². The Labute approximate surface area is 176 Å². The minimum absolute atomic E-state index is 0. The van der Waals surface area contributed by atoms with Crippen molar-refractivity contribution in [2.24, 2.45) is 10.9 Å². The van der Waals surface area contributed by atoms with Gasteiger partial charge in [0.05, 0.1) is 0 Å². The Bertz CT molecular complexity index is 484. The van der Waals surface area contributed by atoms with Gasteiger partial charge < -0.3 is 20.3 Å². The quantitative estimate of drug-likeness (QED) is 0.222. The standard InChI is InChI=1S/C19H35N5O.HI/c1-16(2)18(17-8-6-9-21-14-17)15-23-19(20-3)22-10-12-24(4)11-7-13-25-5;/h6,8-9,14,16,18H,7,10-13,15H2,1-5H3,(H2,20,22,23);1H. The van der Waals surface area contributed by atoms with Gasteiger partial charge in [-0.2, -0.15) is 0 Å². The molecule has 1 heterocycles. The molecule has 0 amide bonds. The van der Waals surface area contributed by atoms with Gasteiger partial charge in [-0.1, -0.05) is 19.9 Å². The maximum Gasteiger partial charge on any atom is 0.191 e. The van der Waals surface area contributed by atoms with Crippen LogP contribution in [-0.2, 0) is 4.74 Å². The zero-order valence-corrected chi connectivity index (χ0v) is 19.2. The zero-order valence-electron chi connectivity index (χ0n) is 16.9. The Morgan fingerprint density at radius 3 is 2.65 bits per heavy atom. The van der Waals surface area contributed by atoms with Crippen molar-refractivity contribution < 1.29 is 4.74 Å². The van der Waals surface area contributed by atoms with Crippen molar-refractivity contribution in [2.45, 2.75) is 26.2 Å². The van der Waals surface area contributed by atoms with Crippen molar-refractivity contribution in [3.63, 3.8) is 0 Å². The molecule has 0 spiro atoms. The molecule has 26 heavy (non-hydrogen) atoms. The van der Waals surface area contributed by atoms with Crippen LogP contribution in [0.25, 0.3) is 0 Å². The van der Waals surface area contributed by atoms with Gasteiger partial charge in [0.1, 0.15) is 0 Å². The number of aromatic nitrogens is 1. The fourth-order valence-electron chi connectivity index (χ4n) is 2.72. The largest absolute Gasteiger partial charge is 0.385 e. The number of hydrogen-bond acceptors (Lipinski definition) is 4. The molecule has 0 fully saturated rings. The first-order chi connectivity index (χ1) is 12.1. The van der Waals surface area contributed by atoms with Crippen molar-refractivity contribution in [2.75, 3.05) is 54.0 Å². The number of likely N-dealkylation sites (N-methyl/N-ethyl adjacent to an activating group) is 1. The van der Waals surface area contributed by atoms with Crippen LogP contribution in [0.15, 0.2) is 29.5 Å². The first-order valence-corrected chi connectivity index (χ1v) is 9.10. The number of rotatable bonds is 11. The second-order valence-electron chi connectivity index (χ2n) is 6.67. The molecule has 1 unspecified atom stereocenters. The molecular weight excluding hydrogens is 441 g/mol. The van der Waals surface area contributed by atoms with E-state index in [1.807, 2.05) is 25.5 Å². The molecule has 2 N–H and O–H groups in total. The van der Waals surface area contributed by atoms with E-state index in [0.717, 1.165) is 45.2 Å². The summed E-state index contributed by atoms with van der Waals surface area (Å²) in [5, 5.41) is 6.83. The number of nitrogens with zero attached hydrogens (tertiary/aromatic N) is 3. The molecule has 0 bridgehead atoms. The first-order valence-electron chi connectivity index (χ1n) is 9.10. The van der Waals surface area contributed by atoms with Crippen molar-refractivity contribution in [1.82, 2.24) is 20.5 Å². The van der Waals surface area contributed by atoms with Crippen LogP contribution < -0.4 is 10.6 Å². The van der Waals surface area contributed by atoms with E-state index in [1.165, 1.54) is 5.56 Å². The Hall–Kier alpha value is -0.930. The second-order valence-corrected chi connectivity index (χ2v) is 6.67. The smallest absolute Gasteiger partial charge is 0.191 e. The SMILES string of the molecule is CN=C(NCCN(C)CCCOC)NCC(c1cccnc1)C(C)C.I. The van der Waals surface area contributed by atoms with Crippen LogP contribution in [0.1, 0.15) is 31.7 Å². The van der Waals surface area contributed by atoms with Gasteiger partial charge in [0.25, 0.3) is 0 Å². The molecular formula is C19H36IN5O. The fraction of sp³-hybridized carbons (Fsp3) is 0.684. The summed E-state index contributed by atoms with van der Waals surface area (Å²) in [5.74, 6) is 1.78. The fourth-order valence-corrected chi connectivity index (χ4v) is 2.72. The lowest BCUT2D eigenvalue weighted by molar-refractivity contribution is 0.180. The maximum atomic E-state index is 5.09. The Morgan fingerprint density at radius 2 is 2.08 bits per heavy atom. The number of hydrogen-bond donors (Lipinski definition) is 2. The normalized spacial score (nSPS) is 12.8. The zero-order chi connectivity index (χ0) is 18.5. The number of halogens is 1. The predicted molar refractivity (Wildman–Crippen MR) is 121 cm³/mol. The summed E-state index contributed by atoms with van der Waals surface area (Å²) < 4.78 is 5.09. The van der Waals surface area contributed by atoms with Gasteiger partial charge in [-0.05, 0) is 31.0 Å². The molecule has 0 aliphatic rings. The highest BCUT2D eigenvalue weighted by Crippen LogP contribution is 2.22. The molecule has 0 aliphatic heterocycles. The molecule has 1 atom stereocenters. The Balaban J connectivity index is 0.00000625. The minimum atomic E-state index is 0. The average molecular weight is 477 g/mol. The topological polar surface area (TPSA) is 61.8 Å². The summed E-state index contributed by atoms with van der Waals surface area (Å²) in [6.07, 6.45) is 4.83. The third-order valence-corrected chi connectivity index (χ3v) is 4.30. The number of pyridine rings is 1. The summed E-state index contributed by atoms with van der Waals surface area (Å²) >= 11 is 0. The van der Waals surface area contributed by atoms with Crippen LogP contribution in [-0.4, -0.2) is 69.8 Å². The van der Waals surface area contributed by atoms with Crippen LogP contribution >= 0.6 is 24.0 Å². The maximum absolute atomic E-state index is 5.09. The predicted octanol–water partition coefficient (Wildman–Crippen LogP) is 2.57. The van der Waals surface area contributed by atoms with Crippen LogP contribution in [0.4, 0.5) is 0 Å². The molecule has 0 saturated carbocycles. The molecule has 0 aromatic carbocycles. The first kappa shape index (κ1) is 25.1. The van der Waals surface area contributed by atoms with Crippen LogP contribution in [0.5, 0.6) is 0 Å². The van der Waals surface area contributed by atoms with Crippen LogP contribution in [0.2, 0.25) is 0 Å². The lowest BCUT2D eigenvalue weighted by atomic mass is 9.89. The van der Waals surface area contributed by atoms with E-state index in [9.17, 15) is 0 Å². The third-order valence-electron chi connectivity index (χ3n) is 4.30. The monoisotopic (exact) mass is 477 g/mol. The molecule has 1 rings (SSSR count). The van der Waals surface area contributed by atoms with Crippen LogP contribution in [0, 0.1) is 5.92 Å². The van der Waals surface area contributed by atoms with E-state index in [2.05, 4.69) is 52.5 Å². The van der Waals surface area contributed by atoms with E-state index < -0.39 is 0 Å². The van der Waals surface area contributed by atoms with E-state index in [-0.39, 0.29) is 24.0 Å². The highest BCUT2D eigenvalue weighted by molar-refractivity contribution is 14.0. The summed E-state index contributed by atoms with van der Waals surface area (Å²) in [4.78, 5) is 10.9.